The molecule has 0 atom stereocenters. The Hall–Kier alpha value is -2.59. The number of carbonyl (C=O) groups excluding carboxylic acids is 3. The molecule has 7 nitrogen and oxygen atoms in total. The van der Waals surface area contributed by atoms with Crippen molar-refractivity contribution in [3.8, 4) is 11.8 Å². The van der Waals surface area contributed by atoms with Crippen LogP contribution in [-0.4, -0.2) is 64.4 Å². The molecule has 0 aromatic carbocycles. The lowest BCUT2D eigenvalue weighted by Gasteiger charge is -2.02. The Morgan fingerprint density at radius 1 is 0.862 bits per heavy atom. The van der Waals surface area contributed by atoms with Gasteiger partial charge in [-0.1, -0.05) is 60.1 Å². The van der Waals surface area contributed by atoms with E-state index in [4.69, 9.17) is 0 Å². The number of rotatable bonds is 4. The lowest BCUT2D eigenvalue weighted by Crippen LogP contribution is -2.16. The second kappa shape index (κ2) is 44.7. The Bertz CT molecular complexity index is 449. The third kappa shape index (κ3) is 67.1. The minimum atomic E-state index is -0.234. The standard InChI is InChI=1S/C7H14N2O.C5H7NO.C4H7NO.3C2H6/c1-8-7(10)5-4-6-9(2)3;1-3-4-5(7)6-2;1-3-4(6)5-2;3*1-2/h4-5H,6H2,1-3H3,(H,8,10);1-2H3,(H,6,7);3H,1H2,2H3,(H,5,6);3*1-2H3/b5-4+;;;;;. The van der Waals surface area contributed by atoms with E-state index >= 15 is 0 Å². The average Bonchev–Trinajstić information content (AvgIpc) is 2.77. The van der Waals surface area contributed by atoms with Gasteiger partial charge in [-0.05, 0) is 33.0 Å². The first-order chi connectivity index (χ1) is 13.8. The van der Waals surface area contributed by atoms with Gasteiger partial charge in [0.15, 0.2) is 0 Å². The number of nitrogens with one attached hydrogen (secondary N) is 3. The van der Waals surface area contributed by atoms with Gasteiger partial charge in [0.05, 0.1) is 0 Å². The molecule has 0 rings (SSSR count). The zero-order valence-corrected chi connectivity index (χ0v) is 20.8. The predicted molar refractivity (Wildman–Crippen MR) is 128 cm³/mol. The van der Waals surface area contributed by atoms with Crippen molar-refractivity contribution in [1.82, 2.24) is 20.9 Å². The molecule has 0 saturated carbocycles. The van der Waals surface area contributed by atoms with Crippen LogP contribution in [0.25, 0.3) is 0 Å². The summed E-state index contributed by atoms with van der Waals surface area (Å²) in [5, 5.41) is 7.21. The first kappa shape index (κ1) is 40.9. The molecule has 0 aromatic rings. The van der Waals surface area contributed by atoms with Crippen LogP contribution >= 0.6 is 0 Å². The number of hydrogen-bond acceptors (Lipinski definition) is 4. The van der Waals surface area contributed by atoms with Crippen molar-refractivity contribution >= 4 is 17.7 Å². The molecular formula is C22H46N4O3. The fraction of sp³-hybridized carbons (Fsp3) is 0.591. The minimum absolute atomic E-state index is 0.0538. The Morgan fingerprint density at radius 3 is 1.45 bits per heavy atom. The van der Waals surface area contributed by atoms with Crippen molar-refractivity contribution in [1.29, 1.82) is 0 Å². The average molecular weight is 415 g/mol. The summed E-state index contributed by atoms with van der Waals surface area (Å²) in [7, 11) is 8.63. The van der Waals surface area contributed by atoms with Gasteiger partial charge < -0.3 is 20.9 Å². The first-order valence-electron chi connectivity index (χ1n) is 9.80. The fourth-order valence-corrected chi connectivity index (χ4v) is 0.732. The molecular weight excluding hydrogens is 368 g/mol. The Balaban J connectivity index is -0.0000000618. The smallest absolute Gasteiger partial charge is 0.295 e. The van der Waals surface area contributed by atoms with Crippen molar-refractivity contribution in [3.05, 3.63) is 24.8 Å². The minimum Gasteiger partial charge on any atom is -0.356 e. The maximum Gasteiger partial charge on any atom is 0.295 e. The largest absolute Gasteiger partial charge is 0.356 e. The molecule has 0 radical (unpaired) electrons. The van der Waals surface area contributed by atoms with Gasteiger partial charge in [0.1, 0.15) is 0 Å². The van der Waals surface area contributed by atoms with Gasteiger partial charge in [0.25, 0.3) is 5.91 Å². The van der Waals surface area contributed by atoms with Gasteiger partial charge >= 0.3 is 0 Å². The highest BCUT2D eigenvalue weighted by Gasteiger charge is 1.87. The van der Waals surface area contributed by atoms with Crippen LogP contribution in [0.3, 0.4) is 0 Å². The van der Waals surface area contributed by atoms with E-state index in [9.17, 15) is 14.4 Å². The molecule has 3 N–H and O–H groups in total. The number of amides is 3. The van der Waals surface area contributed by atoms with Crippen molar-refractivity contribution in [3.63, 3.8) is 0 Å². The van der Waals surface area contributed by atoms with E-state index in [0.717, 1.165) is 6.54 Å². The molecule has 0 aromatic heterocycles. The van der Waals surface area contributed by atoms with E-state index < -0.39 is 0 Å². The molecule has 29 heavy (non-hydrogen) atoms. The van der Waals surface area contributed by atoms with Crippen molar-refractivity contribution in [2.75, 3.05) is 41.8 Å². The number of hydrogen-bond donors (Lipinski definition) is 3. The second-order valence-electron chi connectivity index (χ2n) is 4.05. The van der Waals surface area contributed by atoms with Gasteiger partial charge in [-0.3, -0.25) is 14.4 Å². The maximum atomic E-state index is 10.6. The Kier molecular flexibility index (Phi) is 63.1. The zero-order valence-electron chi connectivity index (χ0n) is 20.8. The van der Waals surface area contributed by atoms with E-state index in [-0.39, 0.29) is 17.7 Å². The molecule has 0 saturated heterocycles. The molecule has 0 aliphatic carbocycles. The van der Waals surface area contributed by atoms with Crippen LogP contribution in [-0.2, 0) is 14.4 Å². The summed E-state index contributed by atoms with van der Waals surface area (Å²) in [5.41, 5.74) is 0. The number of nitrogens with zero attached hydrogens (tertiary/aromatic N) is 1. The quantitative estimate of drug-likeness (QED) is 0.487. The van der Waals surface area contributed by atoms with Crippen LogP contribution < -0.4 is 16.0 Å². The molecule has 0 bridgehead atoms. The van der Waals surface area contributed by atoms with E-state index in [0.29, 0.717) is 0 Å². The molecule has 0 spiro atoms. The Morgan fingerprint density at radius 2 is 1.28 bits per heavy atom. The summed E-state index contributed by atoms with van der Waals surface area (Å²) < 4.78 is 0. The summed E-state index contributed by atoms with van der Waals surface area (Å²) in [6.07, 6.45) is 4.57. The Labute approximate surface area is 180 Å². The third-order valence-electron chi connectivity index (χ3n) is 1.88. The summed E-state index contributed by atoms with van der Waals surface area (Å²) in [6.45, 7) is 17.6. The van der Waals surface area contributed by atoms with Crippen LogP contribution in [0, 0.1) is 11.8 Å². The summed E-state index contributed by atoms with van der Waals surface area (Å²) in [4.78, 5) is 32.6. The highest BCUT2D eigenvalue weighted by molar-refractivity contribution is 5.93. The molecule has 7 heteroatoms. The predicted octanol–water partition coefficient (Wildman–Crippen LogP) is 2.60. The molecule has 3 amide bonds. The van der Waals surface area contributed by atoms with Crippen molar-refractivity contribution in [2.24, 2.45) is 0 Å². The monoisotopic (exact) mass is 414 g/mol. The third-order valence-corrected chi connectivity index (χ3v) is 1.88. The number of carbonyl (C=O) groups is 3. The van der Waals surface area contributed by atoms with Gasteiger partial charge in [-0.2, -0.15) is 0 Å². The molecule has 0 aliphatic rings. The molecule has 0 aliphatic heterocycles. The van der Waals surface area contributed by atoms with E-state index in [1.807, 2.05) is 66.6 Å². The summed E-state index contributed by atoms with van der Waals surface area (Å²) in [6, 6.07) is 0. The zero-order chi connectivity index (χ0) is 24.7. The highest BCUT2D eigenvalue weighted by Crippen LogP contribution is 1.76. The van der Waals surface area contributed by atoms with Gasteiger partial charge in [-0.15, -0.1) is 0 Å². The van der Waals surface area contributed by atoms with Crippen molar-refractivity contribution < 1.29 is 14.4 Å². The topological polar surface area (TPSA) is 90.5 Å². The van der Waals surface area contributed by atoms with Gasteiger partial charge in [0, 0.05) is 33.8 Å². The van der Waals surface area contributed by atoms with Crippen LogP contribution in [0.5, 0.6) is 0 Å². The van der Waals surface area contributed by atoms with Crippen LogP contribution in [0.15, 0.2) is 24.8 Å². The van der Waals surface area contributed by atoms with Crippen LogP contribution in [0.1, 0.15) is 48.5 Å². The molecule has 0 unspecified atom stereocenters. The fourth-order valence-electron chi connectivity index (χ4n) is 0.732. The van der Waals surface area contributed by atoms with Crippen LogP contribution in [0.2, 0.25) is 0 Å². The summed E-state index contributed by atoms with van der Waals surface area (Å²) >= 11 is 0. The molecule has 0 fully saturated rings. The van der Waals surface area contributed by atoms with E-state index in [2.05, 4.69) is 34.4 Å². The van der Waals surface area contributed by atoms with Gasteiger partial charge in [-0.25, -0.2) is 0 Å². The van der Waals surface area contributed by atoms with Crippen LogP contribution in [0.4, 0.5) is 0 Å². The highest BCUT2D eigenvalue weighted by atomic mass is 16.2. The second-order valence-corrected chi connectivity index (χ2v) is 4.05. The number of likely N-dealkylation sites (N-methyl/N-ethyl adjacent to an activating group) is 3. The lowest BCUT2D eigenvalue weighted by molar-refractivity contribution is -0.116. The first-order valence-corrected chi connectivity index (χ1v) is 9.80. The van der Waals surface area contributed by atoms with Gasteiger partial charge in [0.2, 0.25) is 11.8 Å². The van der Waals surface area contributed by atoms with E-state index in [1.54, 1.807) is 28.1 Å². The summed E-state index contributed by atoms with van der Waals surface area (Å²) in [5.74, 6) is 4.32. The van der Waals surface area contributed by atoms with Crippen molar-refractivity contribution in [2.45, 2.75) is 48.5 Å². The normalized spacial score (nSPS) is 7.21. The molecule has 172 valence electrons. The SMILES string of the molecule is C=CC(=O)NC.CC.CC.CC.CC#CC(=O)NC.CNC(=O)/C=C/CN(C)C. The maximum absolute atomic E-state index is 10.6. The lowest BCUT2D eigenvalue weighted by atomic mass is 10.4. The van der Waals surface area contributed by atoms with E-state index in [1.165, 1.54) is 12.2 Å². The molecule has 0 heterocycles.